The standard InChI is InChI=1S/C22H23N5O2/c1-4-19-24-25-21-22(29)26(17-7-5-6-8-18(17)27(19)21)13-20(28)23-16-11-9-15(10-12-16)14(2)3/h5-12,14H,4,13H2,1-3H3,(H,23,28). The van der Waals surface area contributed by atoms with E-state index in [2.05, 4.69) is 29.4 Å². The van der Waals surface area contributed by atoms with Crippen LogP contribution in [0.4, 0.5) is 5.69 Å². The van der Waals surface area contributed by atoms with Crippen LogP contribution in [-0.2, 0) is 17.8 Å². The van der Waals surface area contributed by atoms with Crippen molar-refractivity contribution in [2.45, 2.75) is 39.7 Å². The highest BCUT2D eigenvalue weighted by atomic mass is 16.2. The minimum Gasteiger partial charge on any atom is -0.325 e. The summed E-state index contributed by atoms with van der Waals surface area (Å²) in [4.78, 5) is 25.7. The van der Waals surface area contributed by atoms with Crippen molar-refractivity contribution in [1.82, 2.24) is 19.2 Å². The molecule has 0 aliphatic rings. The molecular weight excluding hydrogens is 366 g/mol. The Bertz CT molecular complexity index is 1250. The van der Waals surface area contributed by atoms with Crippen LogP contribution in [0.3, 0.4) is 0 Å². The van der Waals surface area contributed by atoms with Crippen LogP contribution in [0.5, 0.6) is 0 Å². The molecule has 0 atom stereocenters. The Morgan fingerprint density at radius 2 is 1.72 bits per heavy atom. The number of nitrogens with one attached hydrogen (secondary N) is 1. The third-order valence-electron chi connectivity index (χ3n) is 5.06. The van der Waals surface area contributed by atoms with Gasteiger partial charge in [-0.05, 0) is 35.7 Å². The molecule has 1 amide bonds. The second-order valence-electron chi connectivity index (χ2n) is 7.33. The first-order chi connectivity index (χ1) is 14.0. The lowest BCUT2D eigenvalue weighted by molar-refractivity contribution is -0.116. The van der Waals surface area contributed by atoms with E-state index in [1.807, 2.05) is 55.5 Å². The van der Waals surface area contributed by atoms with Crippen LogP contribution in [-0.4, -0.2) is 25.1 Å². The van der Waals surface area contributed by atoms with Gasteiger partial charge in [0.25, 0.3) is 5.56 Å². The molecule has 0 spiro atoms. The van der Waals surface area contributed by atoms with E-state index in [4.69, 9.17) is 0 Å². The van der Waals surface area contributed by atoms with Crippen molar-refractivity contribution in [1.29, 1.82) is 0 Å². The average Bonchev–Trinajstić information content (AvgIpc) is 3.16. The molecule has 4 rings (SSSR count). The number of nitrogens with zero attached hydrogens (tertiary/aromatic N) is 4. The van der Waals surface area contributed by atoms with E-state index < -0.39 is 0 Å². The highest BCUT2D eigenvalue weighted by molar-refractivity contribution is 5.91. The molecule has 0 radical (unpaired) electrons. The van der Waals surface area contributed by atoms with Crippen molar-refractivity contribution in [3.8, 4) is 0 Å². The zero-order valence-electron chi connectivity index (χ0n) is 16.7. The van der Waals surface area contributed by atoms with Crippen LogP contribution < -0.4 is 10.9 Å². The Morgan fingerprint density at radius 1 is 1.03 bits per heavy atom. The van der Waals surface area contributed by atoms with E-state index in [-0.39, 0.29) is 23.7 Å². The quantitative estimate of drug-likeness (QED) is 0.567. The second kappa shape index (κ2) is 7.50. The summed E-state index contributed by atoms with van der Waals surface area (Å²) in [5.41, 5.74) is 3.28. The van der Waals surface area contributed by atoms with E-state index in [0.29, 0.717) is 23.5 Å². The van der Waals surface area contributed by atoms with Crippen LogP contribution >= 0.6 is 0 Å². The predicted molar refractivity (Wildman–Crippen MR) is 113 cm³/mol. The third-order valence-corrected chi connectivity index (χ3v) is 5.06. The van der Waals surface area contributed by atoms with Crippen molar-refractivity contribution in [2.24, 2.45) is 0 Å². The number of aromatic nitrogens is 4. The molecule has 4 aromatic rings. The first-order valence-corrected chi connectivity index (χ1v) is 9.75. The molecule has 0 bridgehead atoms. The van der Waals surface area contributed by atoms with Crippen LogP contribution in [0.1, 0.15) is 38.1 Å². The molecule has 0 aliphatic heterocycles. The average molecular weight is 389 g/mol. The molecule has 2 aromatic carbocycles. The van der Waals surface area contributed by atoms with Crippen LogP contribution in [0, 0.1) is 0 Å². The van der Waals surface area contributed by atoms with Crippen LogP contribution in [0.2, 0.25) is 0 Å². The number of aryl methyl sites for hydroxylation is 1. The number of fused-ring (bicyclic) bond motifs is 3. The van der Waals surface area contributed by atoms with Gasteiger partial charge in [-0.1, -0.05) is 45.0 Å². The molecule has 29 heavy (non-hydrogen) atoms. The van der Waals surface area contributed by atoms with Gasteiger partial charge in [0.15, 0.2) is 0 Å². The molecule has 0 saturated heterocycles. The Hall–Kier alpha value is -3.48. The molecule has 0 unspecified atom stereocenters. The monoisotopic (exact) mass is 389 g/mol. The fourth-order valence-corrected chi connectivity index (χ4v) is 3.50. The number of rotatable bonds is 5. The van der Waals surface area contributed by atoms with E-state index in [9.17, 15) is 9.59 Å². The van der Waals surface area contributed by atoms with E-state index in [0.717, 1.165) is 11.3 Å². The Labute approximate surface area is 168 Å². The summed E-state index contributed by atoms with van der Waals surface area (Å²) in [6, 6.07) is 15.2. The molecule has 7 heteroatoms. The van der Waals surface area contributed by atoms with Crippen molar-refractivity contribution in [3.63, 3.8) is 0 Å². The number of benzene rings is 2. The number of para-hydroxylation sites is 2. The fourth-order valence-electron chi connectivity index (χ4n) is 3.50. The first kappa shape index (κ1) is 18.9. The largest absolute Gasteiger partial charge is 0.325 e. The maximum absolute atomic E-state index is 13.0. The van der Waals surface area contributed by atoms with Crippen molar-refractivity contribution >= 4 is 28.3 Å². The van der Waals surface area contributed by atoms with Gasteiger partial charge in [-0.25, -0.2) is 0 Å². The zero-order chi connectivity index (χ0) is 20.5. The van der Waals surface area contributed by atoms with Gasteiger partial charge in [-0.3, -0.25) is 18.6 Å². The predicted octanol–water partition coefficient (Wildman–Crippen LogP) is 3.37. The van der Waals surface area contributed by atoms with Crippen molar-refractivity contribution < 1.29 is 4.79 Å². The first-order valence-electron chi connectivity index (χ1n) is 9.75. The minimum absolute atomic E-state index is 0.101. The molecule has 2 aromatic heterocycles. The zero-order valence-corrected chi connectivity index (χ0v) is 16.7. The number of hydrogen-bond acceptors (Lipinski definition) is 4. The Kier molecular flexibility index (Phi) is 4.88. The van der Waals surface area contributed by atoms with Gasteiger partial charge >= 0.3 is 0 Å². The Morgan fingerprint density at radius 3 is 2.38 bits per heavy atom. The number of hydrogen-bond donors (Lipinski definition) is 1. The number of amides is 1. The number of carbonyl (C=O) groups is 1. The van der Waals surface area contributed by atoms with Gasteiger partial charge in [0.05, 0.1) is 11.0 Å². The lowest BCUT2D eigenvalue weighted by Crippen LogP contribution is -2.29. The molecule has 148 valence electrons. The molecule has 1 N–H and O–H groups in total. The summed E-state index contributed by atoms with van der Waals surface area (Å²) >= 11 is 0. The van der Waals surface area contributed by atoms with Gasteiger partial charge < -0.3 is 5.32 Å². The van der Waals surface area contributed by atoms with E-state index >= 15 is 0 Å². The summed E-state index contributed by atoms with van der Waals surface area (Å²) in [6.07, 6.45) is 0.654. The summed E-state index contributed by atoms with van der Waals surface area (Å²) in [5.74, 6) is 0.872. The van der Waals surface area contributed by atoms with Gasteiger partial charge in [-0.2, -0.15) is 0 Å². The van der Waals surface area contributed by atoms with E-state index in [1.165, 1.54) is 10.1 Å². The summed E-state index contributed by atoms with van der Waals surface area (Å²) < 4.78 is 3.23. The van der Waals surface area contributed by atoms with Crippen molar-refractivity contribution in [3.05, 3.63) is 70.3 Å². The van der Waals surface area contributed by atoms with Gasteiger partial charge in [0.1, 0.15) is 12.4 Å². The fraction of sp³-hybridized carbons (Fsp3) is 0.273. The highest BCUT2D eigenvalue weighted by Crippen LogP contribution is 2.18. The molecule has 0 aliphatic carbocycles. The van der Waals surface area contributed by atoms with Crippen LogP contribution in [0.15, 0.2) is 53.3 Å². The normalized spacial score (nSPS) is 11.4. The molecular formula is C22H23N5O2. The highest BCUT2D eigenvalue weighted by Gasteiger charge is 2.17. The number of carbonyl (C=O) groups excluding carboxylic acids is 1. The third kappa shape index (κ3) is 3.40. The second-order valence-corrected chi connectivity index (χ2v) is 7.33. The van der Waals surface area contributed by atoms with Gasteiger partial charge in [0.2, 0.25) is 11.6 Å². The molecule has 7 nitrogen and oxygen atoms in total. The topological polar surface area (TPSA) is 81.3 Å². The SMILES string of the molecule is CCc1nnc2c(=O)n(CC(=O)Nc3ccc(C(C)C)cc3)c3ccccc3n12. The minimum atomic E-state index is -0.332. The van der Waals surface area contributed by atoms with Crippen LogP contribution in [0.25, 0.3) is 16.7 Å². The summed E-state index contributed by atoms with van der Waals surface area (Å²) in [6.45, 7) is 6.11. The van der Waals surface area contributed by atoms with Gasteiger partial charge in [0, 0.05) is 12.1 Å². The summed E-state index contributed by atoms with van der Waals surface area (Å²) in [5, 5.41) is 11.1. The molecule has 0 saturated carbocycles. The molecule has 2 heterocycles. The van der Waals surface area contributed by atoms with Crippen molar-refractivity contribution in [2.75, 3.05) is 5.32 Å². The lowest BCUT2D eigenvalue weighted by atomic mass is 10.0. The summed E-state index contributed by atoms with van der Waals surface area (Å²) in [7, 11) is 0. The molecule has 0 fully saturated rings. The Balaban J connectivity index is 1.71. The van der Waals surface area contributed by atoms with E-state index in [1.54, 1.807) is 4.40 Å². The number of anilines is 1. The maximum atomic E-state index is 13.0. The maximum Gasteiger partial charge on any atom is 0.297 e. The lowest BCUT2D eigenvalue weighted by Gasteiger charge is -2.13. The smallest absolute Gasteiger partial charge is 0.297 e. The van der Waals surface area contributed by atoms with Gasteiger partial charge in [-0.15, -0.1) is 10.2 Å².